The summed E-state index contributed by atoms with van der Waals surface area (Å²) in [5.41, 5.74) is 0. The summed E-state index contributed by atoms with van der Waals surface area (Å²) < 4.78 is 5.30. The van der Waals surface area contributed by atoms with E-state index in [-0.39, 0.29) is 12.5 Å². The Morgan fingerprint density at radius 2 is 2.16 bits per heavy atom. The third-order valence-electron chi connectivity index (χ3n) is 2.53. The van der Waals surface area contributed by atoms with Gasteiger partial charge in [-0.1, -0.05) is 0 Å². The number of carbonyl (C=O) groups excluding carboxylic acids is 1. The number of nitrogens with zero attached hydrogens (tertiary/aromatic N) is 3. The Labute approximate surface area is 114 Å². The van der Waals surface area contributed by atoms with E-state index in [4.69, 9.17) is 4.42 Å². The van der Waals surface area contributed by atoms with Crippen molar-refractivity contribution in [2.45, 2.75) is 13.5 Å². The molecule has 106 valence electrons. The number of nitrogens with one attached hydrogen (secondary N) is 1. The Bertz CT molecular complexity index is 412. The number of furan rings is 1. The van der Waals surface area contributed by atoms with Crippen LogP contribution in [0.2, 0.25) is 0 Å². The van der Waals surface area contributed by atoms with Crippen molar-refractivity contribution in [1.82, 2.24) is 15.1 Å². The van der Waals surface area contributed by atoms with Crippen molar-refractivity contribution in [1.29, 1.82) is 0 Å². The predicted molar refractivity (Wildman–Crippen MR) is 74.8 cm³/mol. The van der Waals surface area contributed by atoms with Crippen molar-refractivity contribution >= 4 is 11.9 Å². The van der Waals surface area contributed by atoms with E-state index in [2.05, 4.69) is 10.3 Å². The van der Waals surface area contributed by atoms with E-state index in [0.29, 0.717) is 12.5 Å². The van der Waals surface area contributed by atoms with Crippen molar-refractivity contribution in [2.24, 2.45) is 4.99 Å². The lowest BCUT2D eigenvalue weighted by atomic mass is 10.4. The largest absolute Gasteiger partial charge is 0.467 e. The van der Waals surface area contributed by atoms with Gasteiger partial charge in [0.2, 0.25) is 5.91 Å². The number of amides is 1. The van der Waals surface area contributed by atoms with E-state index in [9.17, 15) is 4.79 Å². The molecule has 0 saturated carbocycles. The smallest absolute Gasteiger partial charge is 0.243 e. The lowest BCUT2D eigenvalue weighted by Crippen LogP contribution is -2.39. The molecule has 0 unspecified atom stereocenters. The molecule has 1 amide bonds. The first-order chi connectivity index (χ1) is 9.04. The molecule has 0 bridgehead atoms. The molecule has 0 spiro atoms. The first-order valence-electron chi connectivity index (χ1n) is 6.26. The van der Waals surface area contributed by atoms with Crippen LogP contribution in [-0.2, 0) is 11.3 Å². The van der Waals surface area contributed by atoms with E-state index in [1.165, 1.54) is 4.90 Å². The number of hydrogen-bond donors (Lipinski definition) is 1. The topological polar surface area (TPSA) is 61.1 Å². The first-order valence-corrected chi connectivity index (χ1v) is 6.26. The second kappa shape index (κ2) is 7.45. The van der Waals surface area contributed by atoms with E-state index in [0.717, 1.165) is 12.3 Å². The van der Waals surface area contributed by atoms with Gasteiger partial charge >= 0.3 is 0 Å². The lowest BCUT2D eigenvalue weighted by Gasteiger charge is -2.21. The Balaban J connectivity index is 2.64. The predicted octanol–water partition coefficient (Wildman–Crippen LogP) is 0.765. The van der Waals surface area contributed by atoms with Gasteiger partial charge in [-0.05, 0) is 19.1 Å². The number of rotatable bonds is 5. The number of hydrogen-bond acceptors (Lipinski definition) is 3. The molecule has 0 aliphatic heterocycles. The Morgan fingerprint density at radius 1 is 1.42 bits per heavy atom. The van der Waals surface area contributed by atoms with E-state index >= 15 is 0 Å². The van der Waals surface area contributed by atoms with Crippen LogP contribution in [0.25, 0.3) is 0 Å². The number of carbonyl (C=O) groups is 1. The molecule has 0 aliphatic carbocycles. The average molecular weight is 266 g/mol. The van der Waals surface area contributed by atoms with Crippen molar-refractivity contribution in [3.05, 3.63) is 24.2 Å². The van der Waals surface area contributed by atoms with Gasteiger partial charge in [0.15, 0.2) is 5.96 Å². The highest BCUT2D eigenvalue weighted by atomic mass is 16.3. The zero-order valence-corrected chi connectivity index (χ0v) is 12.0. The minimum atomic E-state index is -0.0261. The monoisotopic (exact) mass is 266 g/mol. The lowest BCUT2D eigenvalue weighted by molar-refractivity contribution is -0.127. The summed E-state index contributed by atoms with van der Waals surface area (Å²) in [5, 5.41) is 3.15. The van der Waals surface area contributed by atoms with Crippen LogP contribution in [0.3, 0.4) is 0 Å². The van der Waals surface area contributed by atoms with Crippen molar-refractivity contribution in [2.75, 3.05) is 34.2 Å². The van der Waals surface area contributed by atoms with E-state index in [1.54, 1.807) is 20.4 Å². The molecule has 0 saturated heterocycles. The Hall–Kier alpha value is -1.98. The van der Waals surface area contributed by atoms with Crippen LogP contribution in [-0.4, -0.2) is 55.9 Å². The van der Waals surface area contributed by atoms with Crippen molar-refractivity contribution in [3.63, 3.8) is 0 Å². The molecule has 6 nitrogen and oxygen atoms in total. The molecule has 0 fully saturated rings. The minimum Gasteiger partial charge on any atom is -0.467 e. The van der Waals surface area contributed by atoms with Gasteiger partial charge in [-0.25, -0.2) is 4.99 Å². The molecular formula is C13H22N4O2. The van der Waals surface area contributed by atoms with Gasteiger partial charge in [0.05, 0.1) is 12.8 Å². The molecule has 6 heteroatoms. The van der Waals surface area contributed by atoms with Crippen LogP contribution in [0.15, 0.2) is 27.8 Å². The summed E-state index contributed by atoms with van der Waals surface area (Å²) in [5.74, 6) is 1.52. The Kier molecular flexibility index (Phi) is 5.92. The maximum Gasteiger partial charge on any atom is 0.243 e. The fraction of sp³-hybridized carbons (Fsp3) is 0.538. The second-order valence-electron chi connectivity index (χ2n) is 4.39. The molecule has 0 aromatic carbocycles. The van der Waals surface area contributed by atoms with Crippen LogP contribution in [0.5, 0.6) is 0 Å². The molecule has 19 heavy (non-hydrogen) atoms. The van der Waals surface area contributed by atoms with Gasteiger partial charge in [-0.3, -0.25) is 4.79 Å². The zero-order chi connectivity index (χ0) is 14.3. The van der Waals surface area contributed by atoms with Crippen molar-refractivity contribution in [3.8, 4) is 0 Å². The maximum absolute atomic E-state index is 11.5. The molecule has 0 atom stereocenters. The summed E-state index contributed by atoms with van der Waals surface area (Å²) in [6.07, 6.45) is 1.64. The molecule has 1 aromatic heterocycles. The standard InChI is InChI=1S/C13H22N4O2/c1-5-14-13(15-9-12(18)16(2)3)17(4)10-11-7-6-8-19-11/h6-8H,5,9-10H2,1-4H3,(H,14,15). The zero-order valence-electron chi connectivity index (χ0n) is 12.0. The highest BCUT2D eigenvalue weighted by molar-refractivity contribution is 5.84. The van der Waals surface area contributed by atoms with Gasteiger partial charge < -0.3 is 19.5 Å². The van der Waals surface area contributed by atoms with Gasteiger partial charge in [-0.15, -0.1) is 0 Å². The normalized spacial score (nSPS) is 11.3. The molecule has 1 rings (SSSR count). The maximum atomic E-state index is 11.5. The van der Waals surface area contributed by atoms with Crippen LogP contribution in [0, 0.1) is 0 Å². The summed E-state index contributed by atoms with van der Waals surface area (Å²) in [6.45, 7) is 3.48. The molecule has 1 aromatic rings. The average Bonchev–Trinajstić information content (AvgIpc) is 2.86. The van der Waals surface area contributed by atoms with Crippen LogP contribution < -0.4 is 5.32 Å². The molecule has 1 N–H and O–H groups in total. The van der Waals surface area contributed by atoms with E-state index in [1.807, 2.05) is 31.0 Å². The quantitative estimate of drug-likeness (QED) is 0.631. The third kappa shape index (κ3) is 5.03. The van der Waals surface area contributed by atoms with Crippen LogP contribution >= 0.6 is 0 Å². The van der Waals surface area contributed by atoms with Gasteiger partial charge in [0.1, 0.15) is 12.3 Å². The fourth-order valence-corrected chi connectivity index (χ4v) is 1.46. The van der Waals surface area contributed by atoms with Gasteiger partial charge in [-0.2, -0.15) is 0 Å². The van der Waals surface area contributed by atoms with Gasteiger partial charge in [0, 0.05) is 27.7 Å². The SMILES string of the molecule is CCNC(=NCC(=O)N(C)C)N(C)Cc1ccco1. The molecule has 0 radical (unpaired) electrons. The highest BCUT2D eigenvalue weighted by Crippen LogP contribution is 2.03. The molecular weight excluding hydrogens is 244 g/mol. The van der Waals surface area contributed by atoms with Crippen molar-refractivity contribution < 1.29 is 9.21 Å². The summed E-state index contributed by atoms with van der Waals surface area (Å²) in [6, 6.07) is 3.76. The van der Waals surface area contributed by atoms with Crippen LogP contribution in [0.1, 0.15) is 12.7 Å². The summed E-state index contributed by atoms with van der Waals surface area (Å²) in [7, 11) is 5.35. The third-order valence-corrected chi connectivity index (χ3v) is 2.53. The first kappa shape index (κ1) is 15.1. The molecule has 0 aliphatic rings. The number of aliphatic imine (C=N–C) groups is 1. The van der Waals surface area contributed by atoms with Gasteiger partial charge in [0.25, 0.3) is 0 Å². The number of guanidine groups is 1. The Morgan fingerprint density at radius 3 is 2.68 bits per heavy atom. The second-order valence-corrected chi connectivity index (χ2v) is 4.39. The summed E-state index contributed by atoms with van der Waals surface area (Å²) in [4.78, 5) is 19.3. The van der Waals surface area contributed by atoms with Crippen LogP contribution in [0.4, 0.5) is 0 Å². The summed E-state index contributed by atoms with van der Waals surface area (Å²) >= 11 is 0. The number of likely N-dealkylation sites (N-methyl/N-ethyl adjacent to an activating group) is 1. The highest BCUT2D eigenvalue weighted by Gasteiger charge is 2.09. The fourth-order valence-electron chi connectivity index (χ4n) is 1.46. The minimum absolute atomic E-state index is 0.0261. The van der Waals surface area contributed by atoms with E-state index < -0.39 is 0 Å². The molecule has 1 heterocycles.